The average Bonchev–Trinajstić information content (AvgIpc) is 3.29. The monoisotopic (exact) mass is 485 g/mol. The second-order valence-corrected chi connectivity index (χ2v) is 9.57. The zero-order valence-electron chi connectivity index (χ0n) is 20.4. The number of carboxylic acid groups (broad SMARTS) is 2. The van der Waals surface area contributed by atoms with Gasteiger partial charge in [-0.3, -0.25) is 0 Å². The molecule has 2 aromatic rings. The molecule has 2 unspecified atom stereocenters. The smallest absolute Gasteiger partial charge is 0.414 e. The summed E-state index contributed by atoms with van der Waals surface area (Å²) in [5.74, 6) is -0.560. The van der Waals surface area contributed by atoms with Crippen LogP contribution in [0.15, 0.2) is 48.5 Å². The number of hydrogen-bond acceptors (Lipinski definition) is 6. The van der Waals surface area contributed by atoms with Crippen LogP contribution in [0.4, 0.5) is 0 Å². The number of aliphatic carboxylic acids is 2. The average molecular weight is 486 g/mol. The maximum Gasteiger partial charge on any atom is 0.414 e. The molecule has 8 nitrogen and oxygen atoms in total. The molecule has 0 saturated carbocycles. The molecule has 2 atom stereocenters. The molecule has 1 fully saturated rings. The zero-order valence-corrected chi connectivity index (χ0v) is 20.4. The van der Waals surface area contributed by atoms with Gasteiger partial charge in [0.2, 0.25) is 6.79 Å². The van der Waals surface area contributed by atoms with E-state index < -0.39 is 11.9 Å². The predicted octanol–water partition coefficient (Wildman–Crippen LogP) is 4.11. The summed E-state index contributed by atoms with van der Waals surface area (Å²) in [5, 5.41) is 18.4. The minimum absolute atomic E-state index is 0.00221. The van der Waals surface area contributed by atoms with Crippen molar-refractivity contribution in [2.75, 3.05) is 19.9 Å². The van der Waals surface area contributed by atoms with Crippen LogP contribution >= 0.6 is 0 Å². The van der Waals surface area contributed by atoms with Crippen molar-refractivity contribution in [2.24, 2.45) is 11.8 Å². The van der Waals surface area contributed by atoms with E-state index in [1.165, 1.54) is 24.0 Å². The van der Waals surface area contributed by atoms with Crippen molar-refractivity contribution in [3.8, 4) is 11.5 Å². The first-order valence-electron chi connectivity index (χ1n) is 12.0. The Morgan fingerprint density at radius 3 is 2.43 bits per heavy atom. The van der Waals surface area contributed by atoms with E-state index in [0.717, 1.165) is 44.0 Å². The third-order valence-corrected chi connectivity index (χ3v) is 6.38. The van der Waals surface area contributed by atoms with Crippen LogP contribution in [0.2, 0.25) is 0 Å². The lowest BCUT2D eigenvalue weighted by molar-refractivity contribution is -0.159. The van der Waals surface area contributed by atoms with E-state index in [-0.39, 0.29) is 5.60 Å². The van der Waals surface area contributed by atoms with Crippen molar-refractivity contribution in [3.05, 3.63) is 59.7 Å². The minimum Gasteiger partial charge on any atom is -0.473 e. The van der Waals surface area contributed by atoms with Gasteiger partial charge >= 0.3 is 11.9 Å². The van der Waals surface area contributed by atoms with Crippen LogP contribution in [0.1, 0.15) is 44.2 Å². The van der Waals surface area contributed by atoms with Gasteiger partial charge in [0.1, 0.15) is 0 Å². The minimum atomic E-state index is -1.82. The Morgan fingerprint density at radius 2 is 1.74 bits per heavy atom. The number of nitrogens with one attached hydrogen (secondary N) is 1. The van der Waals surface area contributed by atoms with E-state index >= 15 is 0 Å². The van der Waals surface area contributed by atoms with Crippen LogP contribution < -0.4 is 14.8 Å². The van der Waals surface area contributed by atoms with E-state index in [4.69, 9.17) is 34.0 Å². The van der Waals surface area contributed by atoms with Crippen molar-refractivity contribution in [1.82, 2.24) is 5.32 Å². The first-order valence-corrected chi connectivity index (χ1v) is 12.0. The fourth-order valence-corrected chi connectivity index (χ4v) is 4.67. The highest BCUT2D eigenvalue weighted by Gasteiger charge is 2.33. The highest BCUT2D eigenvalue weighted by molar-refractivity contribution is 6.27. The molecule has 35 heavy (non-hydrogen) atoms. The van der Waals surface area contributed by atoms with Crippen LogP contribution in [0.5, 0.6) is 11.5 Å². The first kappa shape index (κ1) is 26.5. The predicted molar refractivity (Wildman–Crippen MR) is 131 cm³/mol. The fourth-order valence-electron chi connectivity index (χ4n) is 4.67. The standard InChI is InChI=1S/C25H33NO3.C2H2O4/c1-25(2)16-22(11-13-29-25)21(14-19-6-4-3-5-7-19)10-12-26-17-20-8-9-23-24(15-20)28-18-27-23;3-1(4)2(5)6/h3-9,15,21-22,26H,10-14,16-18H2,1-2H3;(H,3,4)(H,5,6). The Bertz CT molecular complexity index is 965. The molecule has 0 aliphatic carbocycles. The van der Waals surface area contributed by atoms with E-state index in [1.807, 2.05) is 6.07 Å². The van der Waals surface area contributed by atoms with Crippen molar-refractivity contribution >= 4 is 11.9 Å². The zero-order chi connectivity index (χ0) is 25.3. The quantitative estimate of drug-likeness (QED) is 0.378. The topological polar surface area (TPSA) is 114 Å². The number of hydrogen-bond donors (Lipinski definition) is 3. The SMILES string of the molecule is CC1(C)CC(C(CCNCc2ccc3c(c2)OCO3)Cc2ccccc2)CCO1.O=C(O)C(=O)O. The van der Waals surface area contributed by atoms with Gasteiger partial charge in [-0.2, -0.15) is 0 Å². The molecule has 1 saturated heterocycles. The molecule has 8 heteroatoms. The highest BCUT2D eigenvalue weighted by Crippen LogP contribution is 2.36. The second kappa shape index (κ2) is 12.6. The first-order chi connectivity index (χ1) is 16.7. The van der Waals surface area contributed by atoms with Gasteiger partial charge in [-0.1, -0.05) is 36.4 Å². The molecule has 0 amide bonds. The molecule has 0 spiro atoms. The highest BCUT2D eigenvalue weighted by atomic mass is 16.7. The van der Waals surface area contributed by atoms with E-state index in [2.05, 4.69) is 61.6 Å². The van der Waals surface area contributed by atoms with E-state index in [9.17, 15) is 0 Å². The molecule has 0 radical (unpaired) electrons. The Morgan fingerprint density at radius 1 is 1.03 bits per heavy atom. The van der Waals surface area contributed by atoms with Gasteiger partial charge in [0.05, 0.1) is 5.60 Å². The fraction of sp³-hybridized carbons (Fsp3) is 0.481. The Hall–Kier alpha value is -3.10. The molecular weight excluding hydrogens is 450 g/mol. The Kier molecular flexibility index (Phi) is 9.51. The normalized spacial score (nSPS) is 18.7. The maximum absolute atomic E-state index is 9.10. The summed E-state index contributed by atoms with van der Waals surface area (Å²) in [4.78, 5) is 18.2. The maximum atomic E-state index is 9.10. The van der Waals surface area contributed by atoms with Crippen LogP contribution in [0, 0.1) is 11.8 Å². The van der Waals surface area contributed by atoms with Crippen LogP contribution in [-0.2, 0) is 27.3 Å². The summed E-state index contributed by atoms with van der Waals surface area (Å²) >= 11 is 0. The number of rotatable bonds is 8. The number of benzene rings is 2. The van der Waals surface area contributed by atoms with Crippen LogP contribution in [0.25, 0.3) is 0 Å². The van der Waals surface area contributed by atoms with Crippen molar-refractivity contribution < 1.29 is 34.0 Å². The van der Waals surface area contributed by atoms with Crippen molar-refractivity contribution in [3.63, 3.8) is 0 Å². The lowest BCUT2D eigenvalue weighted by Gasteiger charge is -2.39. The number of carbonyl (C=O) groups is 2. The molecule has 3 N–H and O–H groups in total. The molecule has 2 aliphatic rings. The van der Waals surface area contributed by atoms with E-state index in [1.54, 1.807) is 0 Å². The van der Waals surface area contributed by atoms with Gasteiger partial charge in [0, 0.05) is 13.2 Å². The van der Waals surface area contributed by atoms with Gasteiger partial charge in [-0.05, 0) is 81.2 Å². The van der Waals surface area contributed by atoms with Crippen molar-refractivity contribution in [1.29, 1.82) is 0 Å². The molecule has 0 bridgehead atoms. The van der Waals surface area contributed by atoms with Gasteiger partial charge < -0.3 is 29.7 Å². The van der Waals surface area contributed by atoms with Gasteiger partial charge in [-0.25, -0.2) is 9.59 Å². The largest absolute Gasteiger partial charge is 0.473 e. The molecule has 2 aliphatic heterocycles. The summed E-state index contributed by atoms with van der Waals surface area (Å²) < 4.78 is 16.9. The third kappa shape index (κ3) is 8.56. The molecule has 2 heterocycles. The summed E-state index contributed by atoms with van der Waals surface area (Å²) in [7, 11) is 0. The van der Waals surface area contributed by atoms with Gasteiger partial charge in [-0.15, -0.1) is 0 Å². The molecular formula is C27H35NO7. The van der Waals surface area contributed by atoms with E-state index in [0.29, 0.717) is 18.6 Å². The van der Waals surface area contributed by atoms with Crippen LogP contribution in [0.3, 0.4) is 0 Å². The Labute approximate surface area is 206 Å². The number of carboxylic acids is 2. The number of fused-ring (bicyclic) bond motifs is 1. The Balaban J connectivity index is 0.000000509. The third-order valence-electron chi connectivity index (χ3n) is 6.38. The summed E-state index contributed by atoms with van der Waals surface area (Å²) in [5.41, 5.74) is 2.68. The summed E-state index contributed by atoms with van der Waals surface area (Å²) in [6.45, 7) is 7.55. The van der Waals surface area contributed by atoms with Gasteiger partial charge in [0.15, 0.2) is 11.5 Å². The van der Waals surface area contributed by atoms with Gasteiger partial charge in [0.25, 0.3) is 0 Å². The molecule has 2 aromatic carbocycles. The van der Waals surface area contributed by atoms with Crippen LogP contribution in [-0.4, -0.2) is 47.7 Å². The molecule has 0 aromatic heterocycles. The summed E-state index contributed by atoms with van der Waals surface area (Å²) in [6, 6.07) is 17.1. The van der Waals surface area contributed by atoms with Crippen molar-refractivity contribution in [2.45, 2.75) is 51.7 Å². The summed E-state index contributed by atoms with van der Waals surface area (Å²) in [6.07, 6.45) is 4.64. The molecule has 4 rings (SSSR count). The second-order valence-electron chi connectivity index (χ2n) is 9.57. The lowest BCUT2D eigenvalue weighted by Crippen LogP contribution is -2.38. The lowest BCUT2D eigenvalue weighted by atomic mass is 9.75. The number of ether oxygens (including phenoxy) is 3. The molecule has 190 valence electrons.